The number of rotatable bonds is 13. The highest BCUT2D eigenvalue weighted by molar-refractivity contribution is 6.20. The van der Waals surface area contributed by atoms with Crippen LogP contribution in [0.3, 0.4) is 0 Å². The zero-order valence-corrected chi connectivity index (χ0v) is 15.9. The molecule has 0 saturated carbocycles. The fraction of sp³-hybridized carbons (Fsp3) is 0.750. The van der Waals surface area contributed by atoms with Crippen LogP contribution >= 0.6 is 11.6 Å². The minimum Gasteiger partial charge on any atom is -0.481 e. The van der Waals surface area contributed by atoms with E-state index in [4.69, 9.17) is 16.3 Å². The molecule has 0 aliphatic rings. The first-order chi connectivity index (χ1) is 11.2. The molecule has 0 amide bonds. The summed E-state index contributed by atoms with van der Waals surface area (Å²) in [6.07, 6.45) is 14.4. The van der Waals surface area contributed by atoms with E-state index in [1.165, 1.54) is 50.5 Å². The minimum absolute atomic E-state index is 0.295. The highest BCUT2D eigenvalue weighted by Gasteiger charge is 2.13. The highest BCUT2D eigenvalue weighted by Crippen LogP contribution is 2.24. The third-order valence-corrected chi connectivity index (χ3v) is 4.79. The van der Waals surface area contributed by atoms with Gasteiger partial charge < -0.3 is 4.74 Å². The lowest BCUT2D eigenvalue weighted by Gasteiger charge is -2.17. The minimum atomic E-state index is 0.295. The van der Waals surface area contributed by atoms with Crippen molar-refractivity contribution in [1.29, 1.82) is 0 Å². The Bertz CT molecular complexity index is 410. The van der Waals surface area contributed by atoms with Crippen LogP contribution in [0.4, 0.5) is 0 Å². The van der Waals surface area contributed by atoms with Crippen LogP contribution in [-0.4, -0.2) is 17.5 Å². The van der Waals surface area contributed by atoms with Crippen LogP contribution in [0.2, 0.25) is 0 Å². The molecular weight excluding hydrogens is 306 g/mol. The first kappa shape index (κ1) is 20.3. The second-order valence-corrected chi connectivity index (χ2v) is 7.34. The Morgan fingerprint density at radius 3 is 2.52 bits per heavy atom. The molecule has 132 valence electrons. The van der Waals surface area contributed by atoms with E-state index in [1.54, 1.807) is 13.3 Å². The fourth-order valence-electron chi connectivity index (χ4n) is 3.10. The van der Waals surface area contributed by atoms with Crippen LogP contribution in [0.5, 0.6) is 5.88 Å². The molecule has 0 aromatic carbocycles. The number of ether oxygens (including phenoxy) is 1. The summed E-state index contributed by atoms with van der Waals surface area (Å²) in [5.41, 5.74) is 1.18. The summed E-state index contributed by atoms with van der Waals surface area (Å²) >= 11 is 6.53. The van der Waals surface area contributed by atoms with Gasteiger partial charge in [-0.05, 0) is 31.2 Å². The molecular formula is C20H34ClNO. The van der Waals surface area contributed by atoms with Crippen LogP contribution in [0, 0.1) is 5.92 Å². The van der Waals surface area contributed by atoms with E-state index in [0.717, 1.165) is 25.1 Å². The predicted molar refractivity (Wildman–Crippen MR) is 101 cm³/mol. The van der Waals surface area contributed by atoms with E-state index in [9.17, 15) is 0 Å². The SMILES string of the molecule is CCCCCCCCCC(Cl)CC(C)Cc1cccnc1OC. The van der Waals surface area contributed by atoms with Crippen molar-refractivity contribution >= 4 is 11.6 Å². The second-order valence-electron chi connectivity index (χ2n) is 6.72. The van der Waals surface area contributed by atoms with Gasteiger partial charge in [0.15, 0.2) is 0 Å². The van der Waals surface area contributed by atoms with Crippen molar-refractivity contribution in [1.82, 2.24) is 4.98 Å². The van der Waals surface area contributed by atoms with Crippen molar-refractivity contribution < 1.29 is 4.74 Å². The average molecular weight is 340 g/mol. The Labute approximate surface area is 148 Å². The molecule has 0 aliphatic carbocycles. The lowest BCUT2D eigenvalue weighted by atomic mass is 9.95. The first-order valence-electron chi connectivity index (χ1n) is 9.29. The molecule has 0 fully saturated rings. The molecule has 1 aromatic heterocycles. The first-order valence-corrected chi connectivity index (χ1v) is 9.73. The standard InChI is InChI=1S/C20H34ClNO/c1-4-5-6-7-8-9-10-13-19(21)16-17(2)15-18-12-11-14-22-20(18)23-3/h11-12,14,17,19H,4-10,13,15-16H2,1-3H3. The van der Waals surface area contributed by atoms with E-state index in [-0.39, 0.29) is 0 Å². The van der Waals surface area contributed by atoms with E-state index in [0.29, 0.717) is 11.3 Å². The molecule has 1 rings (SSSR count). The zero-order valence-electron chi connectivity index (χ0n) is 15.2. The third kappa shape index (κ3) is 9.20. The summed E-state index contributed by atoms with van der Waals surface area (Å²) in [6, 6.07) is 4.07. The van der Waals surface area contributed by atoms with Gasteiger partial charge in [0.2, 0.25) is 5.88 Å². The maximum atomic E-state index is 6.53. The van der Waals surface area contributed by atoms with E-state index in [2.05, 4.69) is 24.9 Å². The summed E-state index contributed by atoms with van der Waals surface area (Å²) in [5, 5.41) is 0.295. The van der Waals surface area contributed by atoms with Crippen LogP contribution in [0.25, 0.3) is 0 Å². The van der Waals surface area contributed by atoms with Crippen molar-refractivity contribution in [2.24, 2.45) is 5.92 Å². The Morgan fingerprint density at radius 2 is 1.83 bits per heavy atom. The molecule has 0 spiro atoms. The van der Waals surface area contributed by atoms with Gasteiger partial charge in [0.1, 0.15) is 0 Å². The Morgan fingerprint density at radius 1 is 1.13 bits per heavy atom. The smallest absolute Gasteiger partial charge is 0.216 e. The Kier molecular flexibility index (Phi) is 11.1. The summed E-state index contributed by atoms with van der Waals surface area (Å²) in [4.78, 5) is 4.27. The lowest BCUT2D eigenvalue weighted by Crippen LogP contribution is -2.09. The summed E-state index contributed by atoms with van der Waals surface area (Å²) < 4.78 is 5.33. The largest absolute Gasteiger partial charge is 0.481 e. The van der Waals surface area contributed by atoms with Crippen LogP contribution in [0.15, 0.2) is 18.3 Å². The molecule has 0 radical (unpaired) electrons. The van der Waals surface area contributed by atoms with Crippen molar-refractivity contribution in [3.8, 4) is 5.88 Å². The summed E-state index contributed by atoms with van der Waals surface area (Å²) in [5.74, 6) is 1.30. The number of nitrogens with zero attached hydrogens (tertiary/aromatic N) is 1. The van der Waals surface area contributed by atoms with Crippen molar-refractivity contribution in [2.45, 2.75) is 83.4 Å². The number of hydrogen-bond acceptors (Lipinski definition) is 2. The number of alkyl halides is 1. The van der Waals surface area contributed by atoms with Crippen LogP contribution in [0.1, 0.15) is 77.2 Å². The van der Waals surface area contributed by atoms with E-state index in [1.807, 2.05) is 6.07 Å². The van der Waals surface area contributed by atoms with Gasteiger partial charge in [0.25, 0.3) is 0 Å². The van der Waals surface area contributed by atoms with E-state index >= 15 is 0 Å². The predicted octanol–water partition coefficient (Wildman–Crippen LogP) is 6.41. The van der Waals surface area contributed by atoms with Gasteiger partial charge >= 0.3 is 0 Å². The van der Waals surface area contributed by atoms with Gasteiger partial charge in [0.05, 0.1) is 7.11 Å². The molecule has 23 heavy (non-hydrogen) atoms. The maximum absolute atomic E-state index is 6.53. The molecule has 1 aromatic rings. The highest BCUT2D eigenvalue weighted by atomic mass is 35.5. The monoisotopic (exact) mass is 339 g/mol. The number of halogens is 1. The fourth-order valence-corrected chi connectivity index (χ4v) is 3.56. The zero-order chi connectivity index (χ0) is 16.9. The quantitative estimate of drug-likeness (QED) is 0.306. The molecule has 0 N–H and O–H groups in total. The topological polar surface area (TPSA) is 22.1 Å². The number of pyridine rings is 1. The van der Waals surface area contributed by atoms with Gasteiger partial charge in [-0.15, -0.1) is 11.6 Å². The number of hydrogen-bond donors (Lipinski definition) is 0. The number of methoxy groups -OCH3 is 1. The van der Waals surface area contributed by atoms with Crippen molar-refractivity contribution in [3.05, 3.63) is 23.9 Å². The molecule has 2 nitrogen and oxygen atoms in total. The second kappa shape index (κ2) is 12.6. The van der Waals surface area contributed by atoms with Gasteiger partial charge in [-0.25, -0.2) is 4.98 Å². The summed E-state index contributed by atoms with van der Waals surface area (Å²) in [7, 11) is 1.68. The summed E-state index contributed by atoms with van der Waals surface area (Å²) in [6.45, 7) is 4.53. The van der Waals surface area contributed by atoms with Gasteiger partial charge in [-0.3, -0.25) is 0 Å². The van der Waals surface area contributed by atoms with E-state index < -0.39 is 0 Å². The molecule has 0 aliphatic heterocycles. The molecule has 0 saturated heterocycles. The average Bonchev–Trinajstić information content (AvgIpc) is 2.54. The van der Waals surface area contributed by atoms with Crippen LogP contribution < -0.4 is 4.74 Å². The Hall–Kier alpha value is -0.760. The normalized spacial score (nSPS) is 13.7. The number of unbranched alkanes of at least 4 members (excludes halogenated alkanes) is 6. The molecule has 3 heteroatoms. The Balaban J connectivity index is 2.17. The van der Waals surface area contributed by atoms with Crippen molar-refractivity contribution in [3.63, 3.8) is 0 Å². The molecule has 2 atom stereocenters. The number of aromatic nitrogens is 1. The molecule has 0 bridgehead atoms. The maximum Gasteiger partial charge on any atom is 0.216 e. The van der Waals surface area contributed by atoms with Crippen molar-refractivity contribution in [2.75, 3.05) is 7.11 Å². The van der Waals surface area contributed by atoms with Crippen LogP contribution in [-0.2, 0) is 6.42 Å². The molecule has 1 heterocycles. The van der Waals surface area contributed by atoms with Gasteiger partial charge in [-0.1, -0.05) is 64.9 Å². The van der Waals surface area contributed by atoms with Gasteiger partial charge in [0, 0.05) is 17.1 Å². The third-order valence-electron chi connectivity index (χ3n) is 4.39. The lowest BCUT2D eigenvalue weighted by molar-refractivity contribution is 0.386. The molecule has 2 unspecified atom stereocenters. The van der Waals surface area contributed by atoms with Gasteiger partial charge in [-0.2, -0.15) is 0 Å².